The summed E-state index contributed by atoms with van der Waals surface area (Å²) in [6.45, 7) is 2.73. The Hall–Kier alpha value is -3.41. The Morgan fingerprint density at radius 2 is 1.60 bits per heavy atom. The minimum atomic E-state index is -4.70. The molecule has 0 radical (unpaired) electrons. The van der Waals surface area contributed by atoms with Gasteiger partial charge in [-0.05, 0) is 77.4 Å². The molecule has 3 aromatic rings. The fraction of sp³-hybridized carbons (Fsp3) is 0.310. The lowest BCUT2D eigenvalue weighted by Crippen LogP contribution is -2.46. The number of piperazine rings is 1. The lowest BCUT2D eigenvalue weighted by atomic mass is 9.79. The van der Waals surface area contributed by atoms with Crippen LogP contribution in [0.25, 0.3) is 16.3 Å². The molecule has 2 aliphatic carbocycles. The van der Waals surface area contributed by atoms with Gasteiger partial charge in [-0.25, -0.2) is 0 Å². The number of alkyl halides is 3. The topological polar surface area (TPSA) is 15.7 Å². The maximum Gasteiger partial charge on any atom is 0.573 e. The van der Waals surface area contributed by atoms with Crippen molar-refractivity contribution in [1.82, 2.24) is 0 Å². The van der Waals surface area contributed by atoms with E-state index in [-0.39, 0.29) is 5.75 Å². The second-order valence-electron chi connectivity index (χ2n) is 9.45. The lowest BCUT2D eigenvalue weighted by molar-refractivity contribution is -0.274. The standard InChI is InChI=1S/C29H27F3N2O/c30-29(31,32)35-28-8-4-3-7-27(28)34-17-15-33(16-18-34)22-11-14-24-21(19-22)10-13-25-23-6-2-1-5-20(23)9-12-26(24)25/h2-4,6-8,10-11,13-14,19H,1,5,9,12,15-18H2. The number of anilines is 2. The maximum absolute atomic E-state index is 12.8. The van der Waals surface area contributed by atoms with Gasteiger partial charge in [0.2, 0.25) is 0 Å². The average Bonchev–Trinajstić information content (AvgIpc) is 2.87. The molecule has 3 aromatic carbocycles. The van der Waals surface area contributed by atoms with Crippen LogP contribution >= 0.6 is 0 Å². The van der Waals surface area contributed by atoms with Crippen LogP contribution in [-0.2, 0) is 6.42 Å². The SMILES string of the molecule is FC(F)(F)Oc1ccccc1N1CCN(c2ccc3c4c(ccc3c2)C2=C(CCC=C2)CC4)CC1. The molecule has 1 heterocycles. The predicted octanol–water partition coefficient (Wildman–Crippen LogP) is 7.11. The third-order valence-electron chi connectivity index (χ3n) is 7.44. The van der Waals surface area contributed by atoms with E-state index in [1.165, 1.54) is 40.0 Å². The molecule has 0 bridgehead atoms. The highest BCUT2D eigenvalue weighted by molar-refractivity contribution is 5.95. The molecular weight excluding hydrogens is 449 g/mol. The molecule has 0 unspecified atom stereocenters. The Morgan fingerprint density at radius 1 is 0.800 bits per heavy atom. The predicted molar refractivity (Wildman–Crippen MR) is 135 cm³/mol. The Morgan fingerprint density at radius 3 is 2.43 bits per heavy atom. The lowest BCUT2D eigenvalue weighted by Gasteiger charge is -2.38. The van der Waals surface area contributed by atoms with Gasteiger partial charge in [0.05, 0.1) is 5.69 Å². The van der Waals surface area contributed by atoms with Gasteiger partial charge in [0.15, 0.2) is 5.75 Å². The number of hydrogen-bond donors (Lipinski definition) is 0. The zero-order valence-corrected chi connectivity index (χ0v) is 19.4. The van der Waals surface area contributed by atoms with Crippen molar-refractivity contribution in [1.29, 1.82) is 0 Å². The number of nitrogens with zero attached hydrogens (tertiary/aromatic N) is 2. The van der Waals surface area contributed by atoms with Crippen molar-refractivity contribution in [2.24, 2.45) is 0 Å². The molecule has 3 nitrogen and oxygen atoms in total. The van der Waals surface area contributed by atoms with Crippen molar-refractivity contribution in [2.75, 3.05) is 36.0 Å². The monoisotopic (exact) mass is 476 g/mol. The van der Waals surface area contributed by atoms with E-state index in [1.54, 1.807) is 23.8 Å². The van der Waals surface area contributed by atoms with Crippen LogP contribution in [0, 0.1) is 0 Å². The minimum Gasteiger partial charge on any atom is -0.404 e. The first-order valence-electron chi connectivity index (χ1n) is 12.3. The van der Waals surface area contributed by atoms with Crippen molar-refractivity contribution in [3.8, 4) is 5.75 Å². The summed E-state index contributed by atoms with van der Waals surface area (Å²) in [6, 6.07) is 17.6. The molecule has 6 rings (SSSR count). The Labute approximate surface area is 203 Å². The molecule has 35 heavy (non-hydrogen) atoms. The van der Waals surface area contributed by atoms with E-state index in [0.29, 0.717) is 18.8 Å². The molecule has 1 aliphatic heterocycles. The Bertz CT molecular complexity index is 1330. The van der Waals surface area contributed by atoms with E-state index in [1.807, 2.05) is 4.90 Å². The third kappa shape index (κ3) is 4.26. The summed E-state index contributed by atoms with van der Waals surface area (Å²) >= 11 is 0. The summed E-state index contributed by atoms with van der Waals surface area (Å²) in [5.41, 5.74) is 7.50. The maximum atomic E-state index is 12.8. The number of hydrogen-bond acceptors (Lipinski definition) is 3. The van der Waals surface area contributed by atoms with Gasteiger partial charge in [0.25, 0.3) is 0 Å². The van der Waals surface area contributed by atoms with Crippen LogP contribution in [0.5, 0.6) is 5.75 Å². The van der Waals surface area contributed by atoms with Gasteiger partial charge in [0, 0.05) is 31.9 Å². The van der Waals surface area contributed by atoms with Gasteiger partial charge in [0.1, 0.15) is 0 Å². The van der Waals surface area contributed by atoms with Crippen LogP contribution in [0.2, 0.25) is 0 Å². The summed E-state index contributed by atoms with van der Waals surface area (Å²) in [7, 11) is 0. The Balaban J connectivity index is 1.21. The van der Waals surface area contributed by atoms with Crippen LogP contribution < -0.4 is 14.5 Å². The third-order valence-corrected chi connectivity index (χ3v) is 7.44. The van der Waals surface area contributed by atoms with Gasteiger partial charge in [-0.3, -0.25) is 0 Å². The van der Waals surface area contributed by atoms with Crippen LogP contribution in [0.1, 0.15) is 30.4 Å². The number of rotatable bonds is 3. The number of para-hydroxylation sites is 2. The molecule has 1 saturated heterocycles. The highest BCUT2D eigenvalue weighted by Gasteiger charge is 2.33. The number of halogens is 3. The van der Waals surface area contributed by atoms with Crippen LogP contribution in [0.4, 0.5) is 24.5 Å². The molecule has 0 saturated carbocycles. The molecule has 180 valence electrons. The van der Waals surface area contributed by atoms with Gasteiger partial charge in [-0.15, -0.1) is 13.2 Å². The van der Waals surface area contributed by atoms with E-state index < -0.39 is 6.36 Å². The summed E-state index contributed by atoms with van der Waals surface area (Å²) in [5.74, 6) is -0.144. The molecule has 0 N–H and O–H groups in total. The molecule has 0 aromatic heterocycles. The molecule has 0 atom stereocenters. The summed E-state index contributed by atoms with van der Waals surface area (Å²) < 4.78 is 42.8. The van der Waals surface area contributed by atoms with Gasteiger partial charge in [-0.2, -0.15) is 0 Å². The first-order chi connectivity index (χ1) is 17.0. The zero-order valence-electron chi connectivity index (χ0n) is 19.4. The number of ether oxygens (including phenoxy) is 1. The van der Waals surface area contributed by atoms with E-state index >= 15 is 0 Å². The average molecular weight is 477 g/mol. The molecule has 0 spiro atoms. The normalized spacial score (nSPS) is 18.0. The van der Waals surface area contributed by atoms with Crippen molar-refractivity contribution in [3.63, 3.8) is 0 Å². The summed E-state index contributed by atoms with van der Waals surface area (Å²) in [4.78, 5) is 4.28. The molecule has 3 aliphatic rings. The van der Waals surface area contributed by atoms with Crippen molar-refractivity contribution >= 4 is 27.7 Å². The van der Waals surface area contributed by atoms with Crippen LogP contribution in [0.15, 0.2) is 72.3 Å². The van der Waals surface area contributed by atoms with E-state index in [2.05, 4.69) is 52.1 Å². The van der Waals surface area contributed by atoms with E-state index in [4.69, 9.17) is 0 Å². The minimum absolute atomic E-state index is 0.144. The number of benzene rings is 3. The zero-order chi connectivity index (χ0) is 24.0. The van der Waals surface area contributed by atoms with Gasteiger partial charge < -0.3 is 14.5 Å². The molecule has 1 fully saturated rings. The van der Waals surface area contributed by atoms with Gasteiger partial charge in [-0.1, -0.05) is 48.1 Å². The highest BCUT2D eigenvalue weighted by atomic mass is 19.4. The number of allylic oxidation sites excluding steroid dienone is 4. The largest absolute Gasteiger partial charge is 0.573 e. The number of fused-ring (bicyclic) bond motifs is 4. The second kappa shape index (κ2) is 8.67. The van der Waals surface area contributed by atoms with Crippen LogP contribution in [-0.4, -0.2) is 32.5 Å². The molecule has 6 heteroatoms. The summed E-state index contributed by atoms with van der Waals surface area (Å²) in [6.07, 6.45) is 4.46. The highest BCUT2D eigenvalue weighted by Crippen LogP contribution is 2.40. The first-order valence-corrected chi connectivity index (χ1v) is 12.3. The quantitative estimate of drug-likeness (QED) is 0.401. The molecule has 0 amide bonds. The van der Waals surface area contributed by atoms with Crippen molar-refractivity contribution < 1.29 is 17.9 Å². The fourth-order valence-electron chi connectivity index (χ4n) is 5.76. The summed E-state index contributed by atoms with van der Waals surface area (Å²) in [5, 5.41) is 2.57. The number of aryl methyl sites for hydroxylation is 1. The smallest absolute Gasteiger partial charge is 0.404 e. The first kappa shape index (κ1) is 22.1. The van der Waals surface area contributed by atoms with E-state index in [9.17, 15) is 13.2 Å². The van der Waals surface area contributed by atoms with E-state index in [0.717, 1.165) is 38.0 Å². The molecular formula is C29H27F3N2O. The van der Waals surface area contributed by atoms with Crippen molar-refractivity contribution in [2.45, 2.75) is 32.0 Å². The Kier molecular flexibility index (Phi) is 5.47. The van der Waals surface area contributed by atoms with Crippen molar-refractivity contribution in [3.05, 3.63) is 83.4 Å². The fourth-order valence-corrected chi connectivity index (χ4v) is 5.76. The second-order valence-corrected chi connectivity index (χ2v) is 9.45. The van der Waals surface area contributed by atoms with Gasteiger partial charge >= 0.3 is 6.36 Å². The van der Waals surface area contributed by atoms with Crippen LogP contribution in [0.3, 0.4) is 0 Å².